The average molecular weight is 433 g/mol. The molecule has 3 N–H and O–H groups in total. The smallest absolute Gasteiger partial charge is 0.336 e. The molecular weight excluding hydrogens is 396 g/mol. The van der Waals surface area contributed by atoms with E-state index in [9.17, 15) is 15.0 Å². The number of aliphatic hydroxyl groups excluding tert-OH is 3. The van der Waals surface area contributed by atoms with E-state index in [0.29, 0.717) is 19.3 Å². The van der Waals surface area contributed by atoms with Crippen LogP contribution >= 0.6 is 0 Å². The first-order valence-corrected chi connectivity index (χ1v) is 11.1. The summed E-state index contributed by atoms with van der Waals surface area (Å²) in [6, 6.07) is 8.52. The van der Waals surface area contributed by atoms with Crippen molar-refractivity contribution in [3.05, 3.63) is 59.7 Å². The minimum Gasteiger partial charge on any atom is -0.459 e. The molecule has 1 aliphatic carbocycles. The Bertz CT molecular complexity index is 726. The van der Waals surface area contributed by atoms with Crippen LogP contribution in [0.2, 0.25) is 0 Å². The third-order valence-corrected chi connectivity index (χ3v) is 5.77. The lowest BCUT2D eigenvalue weighted by molar-refractivity contribution is -0.159. The summed E-state index contributed by atoms with van der Waals surface area (Å²) in [5, 5.41) is 28.4. The van der Waals surface area contributed by atoms with Crippen LogP contribution in [0.1, 0.15) is 62.5 Å². The zero-order chi connectivity index (χ0) is 22.8. The Hall–Kier alpha value is -1.99. The monoisotopic (exact) mass is 432 g/mol. The van der Waals surface area contributed by atoms with E-state index in [1.807, 2.05) is 0 Å². The first-order valence-electron chi connectivity index (χ1n) is 11.1. The maximum Gasteiger partial charge on any atom is 0.336 e. The van der Waals surface area contributed by atoms with Gasteiger partial charge in [-0.25, -0.2) is 4.79 Å². The molecule has 0 bridgehead atoms. The molecule has 0 heterocycles. The molecule has 31 heavy (non-hydrogen) atoms. The summed E-state index contributed by atoms with van der Waals surface area (Å²) in [6.45, 7) is 8.50. The molecule has 172 valence electrons. The Morgan fingerprint density at radius 1 is 1.06 bits per heavy atom. The molecule has 0 saturated heterocycles. The highest BCUT2D eigenvalue weighted by Crippen LogP contribution is 2.37. The normalized spacial score (nSPS) is 22.0. The Labute approximate surface area is 185 Å². The lowest BCUT2D eigenvalue weighted by atomic mass is 9.80. The van der Waals surface area contributed by atoms with E-state index in [-0.39, 0.29) is 29.8 Å². The fourth-order valence-corrected chi connectivity index (χ4v) is 3.89. The molecule has 1 saturated carbocycles. The highest BCUT2D eigenvalue weighted by Gasteiger charge is 2.34. The van der Waals surface area contributed by atoms with Gasteiger partial charge in [0.1, 0.15) is 6.10 Å². The van der Waals surface area contributed by atoms with Crippen LogP contribution in [0, 0.1) is 0 Å². The Balaban J connectivity index is 2.11. The van der Waals surface area contributed by atoms with E-state index < -0.39 is 25.0 Å². The number of carbonyl (C=O) groups is 1. The first kappa shape index (κ1) is 25.3. The predicted molar refractivity (Wildman–Crippen MR) is 119 cm³/mol. The highest BCUT2D eigenvalue weighted by atomic mass is 16.6. The number of aryl methyl sites for hydroxylation is 1. The van der Waals surface area contributed by atoms with Crippen LogP contribution in [0.15, 0.2) is 48.6 Å². The minimum atomic E-state index is -1.28. The van der Waals surface area contributed by atoms with Crippen molar-refractivity contribution in [1.82, 2.24) is 0 Å². The second-order valence-corrected chi connectivity index (χ2v) is 8.32. The van der Waals surface area contributed by atoms with Crippen LogP contribution < -0.4 is 0 Å². The van der Waals surface area contributed by atoms with Gasteiger partial charge in [-0.2, -0.15) is 0 Å². The van der Waals surface area contributed by atoms with Gasteiger partial charge in [0.05, 0.1) is 24.9 Å². The van der Waals surface area contributed by atoms with Gasteiger partial charge in [-0.15, -0.1) is 0 Å². The van der Waals surface area contributed by atoms with Gasteiger partial charge in [0.15, 0.2) is 6.29 Å². The summed E-state index contributed by atoms with van der Waals surface area (Å²) in [5.41, 5.74) is 2.62. The van der Waals surface area contributed by atoms with Crippen LogP contribution in [0.3, 0.4) is 0 Å². The second kappa shape index (κ2) is 12.8. The van der Waals surface area contributed by atoms with Crippen molar-refractivity contribution < 1.29 is 29.6 Å². The van der Waals surface area contributed by atoms with Gasteiger partial charge < -0.3 is 24.8 Å². The molecule has 1 aromatic rings. The van der Waals surface area contributed by atoms with Crippen LogP contribution in [-0.2, 0) is 20.7 Å². The Kier molecular flexibility index (Phi) is 10.4. The molecule has 0 spiro atoms. The molecule has 6 nitrogen and oxygen atoms in total. The topological polar surface area (TPSA) is 96.2 Å². The highest BCUT2D eigenvalue weighted by molar-refractivity contribution is 5.88. The second-order valence-electron chi connectivity index (χ2n) is 8.32. The SMILES string of the molecule is C=C(CO)C(=O)OC1CC(OC(O)C(=C)CO)CC(c2ccc(CCCCC)cc2)C1. The van der Waals surface area contributed by atoms with E-state index in [1.165, 1.54) is 24.8 Å². The maximum absolute atomic E-state index is 12.1. The van der Waals surface area contributed by atoms with E-state index in [0.717, 1.165) is 12.0 Å². The van der Waals surface area contributed by atoms with Crippen molar-refractivity contribution in [2.45, 2.75) is 76.3 Å². The first-order chi connectivity index (χ1) is 14.9. The van der Waals surface area contributed by atoms with Crippen LogP contribution in [0.5, 0.6) is 0 Å². The number of hydrogen-bond acceptors (Lipinski definition) is 6. The van der Waals surface area contributed by atoms with Crippen LogP contribution in [-0.4, -0.2) is 53.0 Å². The number of benzene rings is 1. The van der Waals surface area contributed by atoms with Gasteiger partial charge in [-0.3, -0.25) is 0 Å². The number of unbranched alkanes of at least 4 members (excludes halogenated alkanes) is 2. The largest absolute Gasteiger partial charge is 0.459 e. The molecule has 0 aliphatic heterocycles. The summed E-state index contributed by atoms with van der Waals surface area (Å²) in [6.07, 6.45) is 4.24. The van der Waals surface area contributed by atoms with E-state index in [1.54, 1.807) is 0 Å². The summed E-state index contributed by atoms with van der Waals surface area (Å²) < 4.78 is 11.3. The van der Waals surface area contributed by atoms with Crippen LogP contribution in [0.4, 0.5) is 0 Å². The van der Waals surface area contributed by atoms with Gasteiger partial charge in [-0.1, -0.05) is 57.2 Å². The molecule has 1 fully saturated rings. The summed E-state index contributed by atoms with van der Waals surface area (Å²) in [7, 11) is 0. The number of hydrogen-bond donors (Lipinski definition) is 3. The predicted octanol–water partition coefficient (Wildman–Crippen LogP) is 3.40. The van der Waals surface area contributed by atoms with E-state index in [4.69, 9.17) is 14.6 Å². The summed E-state index contributed by atoms with van der Waals surface area (Å²) in [4.78, 5) is 12.1. The fraction of sp³-hybridized carbons (Fsp3) is 0.560. The molecule has 6 heteroatoms. The Morgan fingerprint density at radius 2 is 1.74 bits per heavy atom. The van der Waals surface area contributed by atoms with Gasteiger partial charge in [0.2, 0.25) is 0 Å². The third kappa shape index (κ3) is 7.89. The number of esters is 1. The van der Waals surface area contributed by atoms with Gasteiger partial charge in [0.25, 0.3) is 0 Å². The number of ether oxygens (including phenoxy) is 2. The Morgan fingerprint density at radius 3 is 2.35 bits per heavy atom. The fourth-order valence-electron chi connectivity index (χ4n) is 3.89. The van der Waals surface area contributed by atoms with E-state index >= 15 is 0 Å². The van der Waals surface area contributed by atoms with Gasteiger partial charge >= 0.3 is 5.97 Å². The van der Waals surface area contributed by atoms with Crippen LogP contribution in [0.25, 0.3) is 0 Å². The minimum absolute atomic E-state index is 0.00437. The van der Waals surface area contributed by atoms with Crippen molar-refractivity contribution in [3.8, 4) is 0 Å². The third-order valence-electron chi connectivity index (χ3n) is 5.77. The van der Waals surface area contributed by atoms with Crippen molar-refractivity contribution in [2.75, 3.05) is 13.2 Å². The van der Waals surface area contributed by atoms with Crippen molar-refractivity contribution in [2.24, 2.45) is 0 Å². The molecular formula is C25H36O6. The molecule has 0 aromatic heterocycles. The van der Waals surface area contributed by atoms with Crippen molar-refractivity contribution in [1.29, 1.82) is 0 Å². The molecule has 4 unspecified atom stereocenters. The quantitative estimate of drug-likeness (QED) is 0.154. The maximum atomic E-state index is 12.1. The molecule has 1 aromatic carbocycles. The van der Waals surface area contributed by atoms with Crippen molar-refractivity contribution in [3.63, 3.8) is 0 Å². The number of rotatable bonds is 12. The van der Waals surface area contributed by atoms with Gasteiger partial charge in [0, 0.05) is 12.0 Å². The summed E-state index contributed by atoms with van der Waals surface area (Å²) in [5.74, 6) is -0.545. The molecule has 4 atom stereocenters. The zero-order valence-electron chi connectivity index (χ0n) is 18.5. The molecule has 0 amide bonds. The summed E-state index contributed by atoms with van der Waals surface area (Å²) >= 11 is 0. The lowest BCUT2D eigenvalue weighted by Crippen LogP contribution is -2.36. The van der Waals surface area contributed by atoms with Crippen molar-refractivity contribution >= 4 is 5.97 Å². The molecule has 2 rings (SSSR count). The van der Waals surface area contributed by atoms with Gasteiger partial charge in [-0.05, 0) is 42.7 Å². The van der Waals surface area contributed by atoms with E-state index in [2.05, 4.69) is 44.3 Å². The number of aliphatic hydroxyl groups is 3. The molecule has 0 radical (unpaired) electrons. The molecule has 1 aliphatic rings. The zero-order valence-corrected chi connectivity index (χ0v) is 18.5. The lowest BCUT2D eigenvalue weighted by Gasteiger charge is -2.36. The average Bonchev–Trinajstić information content (AvgIpc) is 2.78. The number of carbonyl (C=O) groups excluding carboxylic acids is 1. The standard InChI is InChI=1S/C25H36O6/c1-4-5-6-7-19-8-10-20(11-9-19)21-12-22(30-24(28)17(2)15-26)14-23(13-21)31-25(29)18(3)16-27/h8-11,21-24,26-28H,2-7,12-16H2,1H3.